The quantitative estimate of drug-likeness (QED) is 0.322. The van der Waals surface area contributed by atoms with Gasteiger partial charge in [-0.3, -0.25) is 4.79 Å². The number of benzene rings is 4. The molecule has 4 aromatic rings. The Hall–Kier alpha value is -4.17. The average Bonchev–Trinajstić information content (AvgIpc) is 3.23. The van der Waals surface area contributed by atoms with E-state index < -0.39 is 5.92 Å². The molecule has 2 nitrogen and oxygen atoms in total. The van der Waals surface area contributed by atoms with Crippen LogP contribution < -0.4 is 0 Å². The Morgan fingerprint density at radius 2 is 1.27 bits per heavy atom. The van der Waals surface area contributed by atoms with Gasteiger partial charge < -0.3 is 4.74 Å². The van der Waals surface area contributed by atoms with E-state index in [4.69, 9.17) is 4.74 Å². The van der Waals surface area contributed by atoms with Crippen molar-refractivity contribution < 1.29 is 9.53 Å². The highest BCUT2D eigenvalue weighted by Gasteiger charge is 2.43. The highest BCUT2D eigenvalue weighted by atomic mass is 16.5. The van der Waals surface area contributed by atoms with Crippen LogP contribution in [0.2, 0.25) is 0 Å². The minimum Gasteiger partial charge on any atom is -0.460 e. The Morgan fingerprint density at radius 3 is 2.00 bits per heavy atom. The summed E-state index contributed by atoms with van der Waals surface area (Å²) in [5.74, 6) is 1.15. The third kappa shape index (κ3) is 3.32. The molecule has 2 unspecified atom stereocenters. The molecule has 6 rings (SSSR count). The molecule has 0 fully saturated rings. The van der Waals surface area contributed by atoms with E-state index in [1.165, 1.54) is 5.56 Å². The summed E-state index contributed by atoms with van der Waals surface area (Å²) in [7, 11) is 0. The molecule has 4 aromatic carbocycles. The van der Waals surface area contributed by atoms with Crippen molar-refractivity contribution in [2.45, 2.75) is 11.8 Å². The molecule has 0 amide bonds. The largest absolute Gasteiger partial charge is 0.460 e. The molecule has 1 aliphatic carbocycles. The number of Topliss-reactive ketones (excluding diaryl/α,β-unsaturated/α-hetero) is 1. The summed E-state index contributed by atoms with van der Waals surface area (Å²) in [6, 6.07) is 38.3. The van der Waals surface area contributed by atoms with Crippen molar-refractivity contribution in [3.63, 3.8) is 0 Å². The van der Waals surface area contributed by atoms with Crippen molar-refractivity contribution in [3.05, 3.63) is 155 Å². The summed E-state index contributed by atoms with van der Waals surface area (Å²) in [6.45, 7) is 0. The maximum atomic E-state index is 13.8. The number of carbonyl (C=O) groups is 1. The smallest absolute Gasteiger partial charge is 0.177 e. The van der Waals surface area contributed by atoms with E-state index >= 15 is 0 Å². The second kappa shape index (κ2) is 8.07. The van der Waals surface area contributed by atoms with Crippen LogP contribution in [0.5, 0.6) is 0 Å². The number of allylic oxidation sites excluding steroid dienone is 3. The van der Waals surface area contributed by atoms with E-state index in [1.807, 2.05) is 66.7 Å². The third-order valence-electron chi connectivity index (χ3n) is 6.48. The van der Waals surface area contributed by atoms with E-state index in [0.29, 0.717) is 5.56 Å². The topological polar surface area (TPSA) is 26.3 Å². The second-order valence-corrected chi connectivity index (χ2v) is 8.42. The van der Waals surface area contributed by atoms with Gasteiger partial charge in [-0.1, -0.05) is 115 Å². The lowest BCUT2D eigenvalue weighted by Gasteiger charge is -2.27. The van der Waals surface area contributed by atoms with Gasteiger partial charge in [0.05, 0.1) is 0 Å². The molecule has 0 spiro atoms. The second-order valence-electron chi connectivity index (χ2n) is 8.42. The third-order valence-corrected chi connectivity index (χ3v) is 6.48. The molecule has 0 saturated carbocycles. The minimum absolute atomic E-state index is 0.000112. The van der Waals surface area contributed by atoms with Crippen molar-refractivity contribution in [3.8, 4) is 0 Å². The first-order chi connectivity index (χ1) is 16.3. The number of ketones is 1. The fourth-order valence-corrected chi connectivity index (χ4v) is 4.96. The Morgan fingerprint density at radius 1 is 0.667 bits per heavy atom. The first kappa shape index (κ1) is 19.5. The summed E-state index contributed by atoms with van der Waals surface area (Å²) < 4.78 is 6.61. The Bertz CT molecular complexity index is 1380. The summed E-state index contributed by atoms with van der Waals surface area (Å²) in [6.07, 6.45) is 2.19. The lowest BCUT2D eigenvalue weighted by atomic mass is 9.85. The van der Waals surface area contributed by atoms with E-state index in [1.54, 1.807) is 0 Å². The fraction of sp³-hybridized carbons (Fsp3) is 0.0645. The van der Waals surface area contributed by atoms with Crippen LogP contribution in [0.3, 0.4) is 0 Å². The molecule has 1 aliphatic heterocycles. The van der Waals surface area contributed by atoms with E-state index in [0.717, 1.165) is 33.8 Å². The van der Waals surface area contributed by atoms with Gasteiger partial charge >= 0.3 is 0 Å². The van der Waals surface area contributed by atoms with Gasteiger partial charge in [0, 0.05) is 22.6 Å². The van der Waals surface area contributed by atoms with Crippen LogP contribution in [0.15, 0.2) is 127 Å². The predicted octanol–water partition coefficient (Wildman–Crippen LogP) is 7.23. The van der Waals surface area contributed by atoms with Crippen LogP contribution in [-0.4, -0.2) is 5.78 Å². The molecule has 0 bridgehead atoms. The number of carbonyl (C=O) groups excluding carboxylic acids is 1. The van der Waals surface area contributed by atoms with Crippen LogP contribution >= 0.6 is 0 Å². The summed E-state index contributed by atoms with van der Waals surface area (Å²) in [4.78, 5) is 13.8. The molecule has 0 radical (unpaired) electrons. The van der Waals surface area contributed by atoms with E-state index in [2.05, 4.69) is 54.6 Å². The SMILES string of the molecule is O=C(c1ccccc1)C1C2=C(c3ccccc31)C(c1ccccc1)C=C(c1ccccc1)O2. The molecule has 0 saturated heterocycles. The van der Waals surface area contributed by atoms with Gasteiger partial charge in [-0.15, -0.1) is 0 Å². The van der Waals surface area contributed by atoms with Crippen LogP contribution in [0.25, 0.3) is 11.3 Å². The van der Waals surface area contributed by atoms with Crippen molar-refractivity contribution in [1.82, 2.24) is 0 Å². The highest BCUT2D eigenvalue weighted by Crippen LogP contribution is 2.54. The van der Waals surface area contributed by atoms with Crippen molar-refractivity contribution >= 4 is 17.1 Å². The molecule has 2 atom stereocenters. The predicted molar refractivity (Wildman–Crippen MR) is 132 cm³/mol. The standard InChI is InChI=1S/C31H22O2/c32-30(23-16-8-3-9-17-23)29-25-19-11-10-18-24(25)28-26(21-12-4-1-5-13-21)20-27(33-31(28)29)22-14-6-2-7-15-22/h1-20,26,29H. The molecule has 1 heterocycles. The Balaban J connectivity index is 1.56. The van der Waals surface area contributed by atoms with Gasteiger partial charge in [0.25, 0.3) is 0 Å². The monoisotopic (exact) mass is 426 g/mol. The van der Waals surface area contributed by atoms with E-state index in [9.17, 15) is 4.79 Å². The molecule has 0 N–H and O–H groups in total. The Labute approximate surface area is 193 Å². The molecular weight excluding hydrogens is 404 g/mol. The van der Waals surface area contributed by atoms with Crippen LogP contribution in [-0.2, 0) is 4.74 Å². The summed E-state index contributed by atoms with van der Waals surface area (Å²) in [5, 5.41) is 0. The minimum atomic E-state index is -0.461. The normalized spacial score (nSPS) is 18.7. The maximum Gasteiger partial charge on any atom is 0.177 e. The lowest BCUT2D eigenvalue weighted by molar-refractivity contribution is 0.0956. The molecule has 158 valence electrons. The molecule has 33 heavy (non-hydrogen) atoms. The van der Waals surface area contributed by atoms with Crippen LogP contribution in [0.1, 0.15) is 44.4 Å². The lowest BCUT2D eigenvalue weighted by Crippen LogP contribution is -2.17. The molecule has 2 aliphatic rings. The zero-order chi connectivity index (χ0) is 22.2. The molecule has 0 aromatic heterocycles. The summed E-state index contributed by atoms with van der Waals surface area (Å²) >= 11 is 0. The van der Waals surface area contributed by atoms with Gasteiger partial charge in [-0.2, -0.15) is 0 Å². The van der Waals surface area contributed by atoms with E-state index in [-0.39, 0.29) is 11.7 Å². The van der Waals surface area contributed by atoms with Gasteiger partial charge in [0.15, 0.2) is 5.78 Å². The zero-order valence-corrected chi connectivity index (χ0v) is 18.0. The number of rotatable bonds is 4. The number of hydrogen-bond donors (Lipinski definition) is 0. The maximum absolute atomic E-state index is 13.8. The van der Waals surface area contributed by atoms with Crippen LogP contribution in [0.4, 0.5) is 0 Å². The van der Waals surface area contributed by atoms with Crippen molar-refractivity contribution in [2.75, 3.05) is 0 Å². The van der Waals surface area contributed by atoms with Gasteiger partial charge in [0.2, 0.25) is 0 Å². The average molecular weight is 427 g/mol. The molecule has 2 heteroatoms. The number of ether oxygens (including phenoxy) is 1. The van der Waals surface area contributed by atoms with Gasteiger partial charge in [0.1, 0.15) is 17.4 Å². The van der Waals surface area contributed by atoms with Crippen molar-refractivity contribution in [2.24, 2.45) is 0 Å². The van der Waals surface area contributed by atoms with Crippen molar-refractivity contribution in [1.29, 1.82) is 0 Å². The van der Waals surface area contributed by atoms with Gasteiger partial charge in [-0.25, -0.2) is 0 Å². The van der Waals surface area contributed by atoms with Crippen LogP contribution in [0, 0.1) is 0 Å². The first-order valence-corrected chi connectivity index (χ1v) is 11.2. The zero-order valence-electron chi connectivity index (χ0n) is 18.0. The molecular formula is C31H22O2. The number of hydrogen-bond acceptors (Lipinski definition) is 2. The Kier molecular flexibility index (Phi) is 4.77. The first-order valence-electron chi connectivity index (χ1n) is 11.2. The van der Waals surface area contributed by atoms with Gasteiger partial charge in [-0.05, 0) is 22.8 Å². The highest BCUT2D eigenvalue weighted by molar-refractivity contribution is 6.07. The number of fused-ring (bicyclic) bond motifs is 2. The summed E-state index contributed by atoms with van der Waals surface area (Å²) in [5.41, 5.74) is 6.09. The fourth-order valence-electron chi connectivity index (χ4n) is 4.96.